The van der Waals surface area contributed by atoms with Gasteiger partial charge in [-0.3, -0.25) is 0 Å². The number of hydrogen-bond donors (Lipinski definition) is 0. The fraction of sp³-hybridized carbons (Fsp3) is 0.778. The Morgan fingerprint density at radius 3 is 2.36 bits per heavy atom. The Morgan fingerprint density at radius 1 is 1.18 bits per heavy atom. The molecule has 64 valence electrons. The third-order valence-corrected chi connectivity index (χ3v) is 1.74. The Kier molecular flexibility index (Phi) is 17.4. The van der Waals surface area contributed by atoms with Crippen LogP contribution < -0.4 is 0 Å². The van der Waals surface area contributed by atoms with E-state index in [0.29, 0.717) is 0 Å². The fourth-order valence-electron chi connectivity index (χ4n) is 0.929. The van der Waals surface area contributed by atoms with Crippen LogP contribution in [-0.4, -0.2) is 23.1 Å². The van der Waals surface area contributed by atoms with E-state index in [0.717, 1.165) is 6.42 Å². The van der Waals surface area contributed by atoms with Crippen molar-refractivity contribution in [1.29, 1.82) is 0 Å². The van der Waals surface area contributed by atoms with Crippen molar-refractivity contribution in [2.75, 3.05) is 0 Å². The molecule has 0 bridgehead atoms. The Morgan fingerprint density at radius 2 is 1.82 bits per heavy atom. The summed E-state index contributed by atoms with van der Waals surface area (Å²) in [5.74, 6) is 0. The average molecular weight is 187 g/mol. The quantitative estimate of drug-likeness (QED) is 0.436. The normalized spacial score (nSPS) is 10.0. The molecule has 0 spiro atoms. The van der Waals surface area contributed by atoms with E-state index < -0.39 is 0 Å². The monoisotopic (exact) mass is 186 g/mol. The average Bonchev–Trinajstić information content (AvgIpc) is 1.97. The van der Waals surface area contributed by atoms with Gasteiger partial charge < -0.3 is 2.85 Å². The number of hydrogen-bond acceptors (Lipinski definition) is 0. The predicted molar refractivity (Wildman–Crippen MR) is 56.3 cm³/mol. The summed E-state index contributed by atoms with van der Waals surface area (Å²) >= 11 is 5.36. The van der Waals surface area contributed by atoms with E-state index in [1.165, 1.54) is 32.1 Å². The first-order valence-corrected chi connectivity index (χ1v) is 4.60. The van der Waals surface area contributed by atoms with Gasteiger partial charge in [0.25, 0.3) is 0 Å². The maximum atomic E-state index is 5.36. The molecule has 0 unspecified atom stereocenters. The van der Waals surface area contributed by atoms with Crippen LogP contribution in [0.15, 0.2) is 11.6 Å². The van der Waals surface area contributed by atoms with Gasteiger partial charge in [0.15, 0.2) is 0 Å². The fourth-order valence-corrected chi connectivity index (χ4v) is 1.05. The first-order chi connectivity index (χ1) is 4.91. The molecule has 0 heterocycles. The minimum absolute atomic E-state index is 0. The summed E-state index contributed by atoms with van der Waals surface area (Å²) in [6.45, 7) is 2.23. The van der Waals surface area contributed by atoms with Crippen LogP contribution in [-0.2, 0) is 0 Å². The molecule has 0 radical (unpaired) electrons. The third-order valence-electron chi connectivity index (χ3n) is 1.56. The molecule has 0 aromatic carbocycles. The van der Waals surface area contributed by atoms with Crippen molar-refractivity contribution in [3.05, 3.63) is 11.6 Å². The number of unbranched alkanes of at least 4 members (excludes halogenated alkanes) is 5. The Bertz CT molecular complexity index is 89.7. The molecule has 0 saturated heterocycles. The summed E-state index contributed by atoms with van der Waals surface area (Å²) in [6.07, 6.45) is 9.90. The second kappa shape index (κ2) is 13.4. The van der Waals surface area contributed by atoms with Crippen molar-refractivity contribution >= 4 is 34.7 Å². The molecule has 0 fully saturated rings. The molecule has 0 rings (SSSR count). The summed E-state index contributed by atoms with van der Waals surface area (Å²) in [5, 5.41) is 0. The van der Waals surface area contributed by atoms with Gasteiger partial charge in [-0.15, -0.1) is 0 Å². The van der Waals surface area contributed by atoms with E-state index >= 15 is 0 Å². The minimum Gasteiger partial charge on any atom is -1.00 e. The van der Waals surface area contributed by atoms with E-state index in [1.807, 2.05) is 6.08 Å². The van der Waals surface area contributed by atoms with Gasteiger partial charge in [0.05, 0.1) is 0 Å². The van der Waals surface area contributed by atoms with Crippen molar-refractivity contribution in [2.24, 2.45) is 0 Å². The summed E-state index contributed by atoms with van der Waals surface area (Å²) in [6, 6.07) is 0. The molecule has 0 aliphatic heterocycles. The molecule has 0 atom stereocenters. The molecule has 0 saturated carbocycles. The van der Waals surface area contributed by atoms with Gasteiger partial charge in [0.2, 0.25) is 0 Å². The van der Waals surface area contributed by atoms with Crippen molar-refractivity contribution in [3.63, 3.8) is 0 Å². The van der Waals surface area contributed by atoms with E-state index in [1.54, 1.807) is 5.54 Å². The SMILES string of the molecule is CCCCCCC/C=C/Cl.[H-].[H-].[Mg+2]. The van der Waals surface area contributed by atoms with Crippen LogP contribution in [0.1, 0.15) is 48.3 Å². The summed E-state index contributed by atoms with van der Waals surface area (Å²) in [4.78, 5) is 0. The summed E-state index contributed by atoms with van der Waals surface area (Å²) in [7, 11) is 0. The van der Waals surface area contributed by atoms with Crippen LogP contribution in [0.5, 0.6) is 0 Å². The van der Waals surface area contributed by atoms with Crippen LogP contribution in [0.25, 0.3) is 0 Å². The Hall–Kier alpha value is 0.796. The molecular formula is C9H19ClMg. The molecular weight excluding hydrogens is 168 g/mol. The molecule has 0 aromatic heterocycles. The number of halogens is 1. The second-order valence-electron chi connectivity index (χ2n) is 2.56. The molecule has 0 amide bonds. The van der Waals surface area contributed by atoms with Crippen LogP contribution >= 0.6 is 11.6 Å². The largest absolute Gasteiger partial charge is 2.00 e. The zero-order valence-electron chi connectivity index (χ0n) is 9.48. The van der Waals surface area contributed by atoms with Gasteiger partial charge in [0, 0.05) is 5.54 Å². The first kappa shape index (κ1) is 14.3. The van der Waals surface area contributed by atoms with Crippen LogP contribution in [0, 0.1) is 0 Å². The van der Waals surface area contributed by atoms with Gasteiger partial charge in [-0.05, 0) is 12.8 Å². The van der Waals surface area contributed by atoms with Gasteiger partial charge in [-0.25, -0.2) is 0 Å². The maximum absolute atomic E-state index is 5.36. The van der Waals surface area contributed by atoms with E-state index in [4.69, 9.17) is 11.6 Å². The van der Waals surface area contributed by atoms with Crippen molar-refractivity contribution < 1.29 is 2.85 Å². The predicted octanol–water partition coefficient (Wildman–Crippen LogP) is 3.94. The summed E-state index contributed by atoms with van der Waals surface area (Å²) in [5.41, 5.74) is 1.61. The summed E-state index contributed by atoms with van der Waals surface area (Å²) < 4.78 is 0. The van der Waals surface area contributed by atoms with Crippen molar-refractivity contribution in [1.82, 2.24) is 0 Å². The van der Waals surface area contributed by atoms with E-state index in [9.17, 15) is 0 Å². The van der Waals surface area contributed by atoms with Crippen LogP contribution in [0.2, 0.25) is 0 Å². The topological polar surface area (TPSA) is 0 Å². The first-order valence-electron chi connectivity index (χ1n) is 4.17. The van der Waals surface area contributed by atoms with E-state index in [2.05, 4.69) is 6.92 Å². The molecule has 0 aliphatic carbocycles. The maximum Gasteiger partial charge on any atom is 2.00 e. The molecule has 11 heavy (non-hydrogen) atoms. The zero-order valence-corrected chi connectivity index (χ0v) is 9.65. The van der Waals surface area contributed by atoms with Crippen molar-refractivity contribution in [2.45, 2.75) is 45.4 Å². The van der Waals surface area contributed by atoms with Crippen molar-refractivity contribution in [3.8, 4) is 0 Å². The van der Waals surface area contributed by atoms with Gasteiger partial charge in [-0.1, -0.05) is 50.3 Å². The molecule has 0 nitrogen and oxygen atoms in total. The molecule has 0 aliphatic rings. The molecule has 2 heteroatoms. The number of allylic oxidation sites excluding steroid dienone is 1. The molecule has 0 aromatic rings. The van der Waals surface area contributed by atoms with Gasteiger partial charge >= 0.3 is 23.1 Å². The number of rotatable bonds is 6. The Labute approximate surface area is 94.5 Å². The second-order valence-corrected chi connectivity index (χ2v) is 2.82. The van der Waals surface area contributed by atoms with Crippen LogP contribution in [0.4, 0.5) is 0 Å². The zero-order chi connectivity index (χ0) is 7.66. The minimum atomic E-state index is 0. The molecule has 0 N–H and O–H groups in total. The smallest absolute Gasteiger partial charge is 1.00 e. The standard InChI is InChI=1S/C9H17Cl.Mg.2H/c1-2-3-4-5-6-7-8-9-10;;;/h8-9H,2-7H2,1H3;;;/q;+2;2*-1/b9-8+;;;. The Balaban J connectivity index is -0.000000135. The van der Waals surface area contributed by atoms with Crippen LogP contribution in [0.3, 0.4) is 0 Å². The third kappa shape index (κ3) is 13.7. The van der Waals surface area contributed by atoms with Gasteiger partial charge in [0.1, 0.15) is 0 Å². The van der Waals surface area contributed by atoms with Gasteiger partial charge in [-0.2, -0.15) is 0 Å². The van der Waals surface area contributed by atoms with E-state index in [-0.39, 0.29) is 25.9 Å².